The second-order valence-electron chi connectivity index (χ2n) is 7.01. The fraction of sp³-hybridized carbons (Fsp3) is 0.174. The van der Waals surface area contributed by atoms with Gasteiger partial charge >= 0.3 is 0 Å². The first-order valence-corrected chi connectivity index (χ1v) is 10.7. The number of benzene rings is 2. The van der Waals surface area contributed by atoms with Crippen molar-refractivity contribution in [3.8, 4) is 5.75 Å². The second kappa shape index (κ2) is 9.09. The molecule has 2 heterocycles. The summed E-state index contributed by atoms with van der Waals surface area (Å²) >= 11 is 1.50. The van der Waals surface area contributed by atoms with E-state index in [1.54, 1.807) is 17.0 Å². The number of hydrogen-bond acceptors (Lipinski definition) is 5. The Balaban J connectivity index is 1.57. The van der Waals surface area contributed by atoms with Gasteiger partial charge in [-0.1, -0.05) is 48.2 Å². The Morgan fingerprint density at radius 1 is 1.19 bits per heavy atom. The molecule has 0 saturated carbocycles. The zero-order valence-electron chi connectivity index (χ0n) is 17.2. The van der Waals surface area contributed by atoms with E-state index >= 15 is 0 Å². The van der Waals surface area contributed by atoms with Crippen LogP contribution in [0.1, 0.15) is 5.69 Å². The minimum atomic E-state index is -0.219. The standard InChI is InChI=1S/C23H22N4O3S/c1-26-11-10-24-23(26)31-15-17-12-20(28)21(30-2)13-27(17)14-22(29)25-19-9-5-7-16-6-3-4-8-18(16)19/h3-13H,14-15H2,1-2H3,(H,25,29). The van der Waals surface area contributed by atoms with Crippen molar-refractivity contribution in [2.45, 2.75) is 17.5 Å². The number of ether oxygens (including phenoxy) is 1. The summed E-state index contributed by atoms with van der Waals surface area (Å²) in [6.45, 7) is 0.0519. The van der Waals surface area contributed by atoms with Crippen molar-refractivity contribution in [1.82, 2.24) is 14.1 Å². The number of aryl methyl sites for hydroxylation is 1. The molecular weight excluding hydrogens is 412 g/mol. The number of carbonyl (C=O) groups is 1. The van der Waals surface area contributed by atoms with Crippen molar-refractivity contribution < 1.29 is 9.53 Å². The molecule has 158 valence electrons. The number of hydrogen-bond donors (Lipinski definition) is 1. The quantitative estimate of drug-likeness (QED) is 0.449. The number of carbonyl (C=O) groups excluding carboxylic acids is 1. The topological polar surface area (TPSA) is 78.2 Å². The molecular formula is C23H22N4O3S. The number of fused-ring (bicyclic) bond motifs is 1. The van der Waals surface area contributed by atoms with E-state index in [0.717, 1.165) is 21.6 Å². The van der Waals surface area contributed by atoms with Crippen LogP contribution in [0.15, 0.2) is 77.1 Å². The predicted molar refractivity (Wildman–Crippen MR) is 123 cm³/mol. The highest BCUT2D eigenvalue weighted by Gasteiger charge is 2.13. The lowest BCUT2D eigenvalue weighted by Gasteiger charge is -2.15. The summed E-state index contributed by atoms with van der Waals surface area (Å²) < 4.78 is 8.83. The number of anilines is 1. The van der Waals surface area contributed by atoms with Crippen LogP contribution < -0.4 is 15.5 Å². The van der Waals surface area contributed by atoms with Crippen LogP contribution in [0, 0.1) is 0 Å². The number of amides is 1. The van der Waals surface area contributed by atoms with Gasteiger partial charge in [-0.2, -0.15) is 0 Å². The van der Waals surface area contributed by atoms with Gasteiger partial charge in [-0.15, -0.1) is 0 Å². The molecule has 0 spiro atoms. The van der Waals surface area contributed by atoms with E-state index in [9.17, 15) is 9.59 Å². The normalized spacial score (nSPS) is 10.9. The van der Waals surface area contributed by atoms with Crippen LogP contribution in [0.3, 0.4) is 0 Å². The van der Waals surface area contributed by atoms with E-state index in [0.29, 0.717) is 11.4 Å². The van der Waals surface area contributed by atoms with E-state index in [-0.39, 0.29) is 23.6 Å². The van der Waals surface area contributed by atoms with Crippen LogP contribution in [0.4, 0.5) is 5.69 Å². The number of nitrogens with zero attached hydrogens (tertiary/aromatic N) is 3. The first-order valence-electron chi connectivity index (χ1n) is 9.70. The average Bonchev–Trinajstić information content (AvgIpc) is 3.18. The SMILES string of the molecule is COc1cn(CC(=O)Nc2cccc3ccccc23)c(CSc2nccn2C)cc1=O. The smallest absolute Gasteiger partial charge is 0.244 e. The monoisotopic (exact) mass is 434 g/mol. The molecule has 2 aromatic carbocycles. The third-order valence-electron chi connectivity index (χ3n) is 4.91. The van der Waals surface area contributed by atoms with Crippen molar-refractivity contribution in [2.24, 2.45) is 7.05 Å². The van der Waals surface area contributed by atoms with Gasteiger partial charge in [0, 0.05) is 48.0 Å². The molecule has 0 bridgehead atoms. The molecule has 1 amide bonds. The lowest BCUT2D eigenvalue weighted by molar-refractivity contribution is -0.116. The number of nitrogens with one attached hydrogen (secondary N) is 1. The Bertz CT molecular complexity index is 1290. The lowest BCUT2D eigenvalue weighted by Crippen LogP contribution is -2.23. The van der Waals surface area contributed by atoms with E-state index in [4.69, 9.17) is 4.74 Å². The Kier molecular flexibility index (Phi) is 6.08. The van der Waals surface area contributed by atoms with Gasteiger partial charge in [0.1, 0.15) is 6.54 Å². The molecule has 0 aliphatic carbocycles. The first kappa shape index (κ1) is 20.7. The van der Waals surface area contributed by atoms with Gasteiger partial charge in [0.15, 0.2) is 10.9 Å². The maximum absolute atomic E-state index is 12.9. The van der Waals surface area contributed by atoms with E-state index in [1.165, 1.54) is 24.9 Å². The highest BCUT2D eigenvalue weighted by molar-refractivity contribution is 7.98. The van der Waals surface area contributed by atoms with Crippen LogP contribution in [-0.2, 0) is 24.1 Å². The van der Waals surface area contributed by atoms with Gasteiger partial charge in [0.2, 0.25) is 11.3 Å². The first-order chi connectivity index (χ1) is 15.0. The summed E-state index contributed by atoms with van der Waals surface area (Å²) in [6.07, 6.45) is 5.17. The Hall–Kier alpha value is -3.52. The molecule has 8 heteroatoms. The summed E-state index contributed by atoms with van der Waals surface area (Å²) in [5, 5.41) is 5.84. The van der Waals surface area contributed by atoms with Gasteiger partial charge in [0.25, 0.3) is 0 Å². The molecule has 0 radical (unpaired) electrons. The van der Waals surface area contributed by atoms with Crippen LogP contribution in [-0.4, -0.2) is 27.1 Å². The number of imidazole rings is 1. The second-order valence-corrected chi connectivity index (χ2v) is 7.95. The van der Waals surface area contributed by atoms with Gasteiger partial charge in [-0.25, -0.2) is 4.98 Å². The zero-order chi connectivity index (χ0) is 21.8. The van der Waals surface area contributed by atoms with E-state index in [2.05, 4.69) is 10.3 Å². The van der Waals surface area contributed by atoms with Crippen LogP contribution in [0.2, 0.25) is 0 Å². The molecule has 31 heavy (non-hydrogen) atoms. The fourth-order valence-electron chi connectivity index (χ4n) is 3.33. The molecule has 0 unspecified atom stereocenters. The fourth-order valence-corrected chi connectivity index (χ4v) is 4.25. The Labute approximate surface area is 183 Å². The van der Waals surface area contributed by atoms with E-state index in [1.807, 2.05) is 60.3 Å². The highest BCUT2D eigenvalue weighted by Crippen LogP contribution is 2.24. The number of aromatic nitrogens is 3. The van der Waals surface area contributed by atoms with Crippen molar-refractivity contribution in [3.05, 3.63) is 83.0 Å². The van der Waals surface area contributed by atoms with Gasteiger partial charge in [-0.05, 0) is 11.5 Å². The third kappa shape index (κ3) is 4.64. The molecule has 4 aromatic rings. The molecule has 1 N–H and O–H groups in total. The third-order valence-corrected chi connectivity index (χ3v) is 6.00. The molecule has 4 rings (SSSR count). The molecule has 0 fully saturated rings. The highest BCUT2D eigenvalue weighted by atomic mass is 32.2. The summed E-state index contributed by atoms with van der Waals surface area (Å²) in [6, 6.07) is 15.2. The Morgan fingerprint density at radius 2 is 2.00 bits per heavy atom. The molecule has 0 atom stereocenters. The minimum absolute atomic E-state index is 0.0519. The van der Waals surface area contributed by atoms with Crippen LogP contribution in [0.25, 0.3) is 10.8 Å². The molecule has 2 aromatic heterocycles. The number of thioether (sulfide) groups is 1. The van der Waals surface area contributed by atoms with Crippen molar-refractivity contribution in [3.63, 3.8) is 0 Å². The summed E-state index contributed by atoms with van der Waals surface area (Å²) in [4.78, 5) is 29.5. The van der Waals surface area contributed by atoms with E-state index < -0.39 is 0 Å². The zero-order valence-corrected chi connectivity index (χ0v) is 18.1. The summed E-state index contributed by atoms with van der Waals surface area (Å²) in [7, 11) is 3.35. The number of rotatable bonds is 7. The maximum Gasteiger partial charge on any atom is 0.244 e. The summed E-state index contributed by atoms with van der Waals surface area (Å²) in [5.41, 5.74) is 1.25. The maximum atomic E-state index is 12.9. The van der Waals surface area contributed by atoms with Gasteiger partial charge in [0.05, 0.1) is 13.3 Å². The average molecular weight is 435 g/mol. The Morgan fingerprint density at radius 3 is 2.77 bits per heavy atom. The number of pyridine rings is 1. The largest absolute Gasteiger partial charge is 0.491 e. The van der Waals surface area contributed by atoms with Crippen molar-refractivity contribution in [1.29, 1.82) is 0 Å². The summed E-state index contributed by atoms with van der Waals surface area (Å²) in [5.74, 6) is 0.500. The predicted octanol–water partition coefficient (Wildman–Crippen LogP) is 3.67. The van der Waals surface area contributed by atoms with Crippen LogP contribution >= 0.6 is 11.8 Å². The molecule has 0 aliphatic rings. The van der Waals surface area contributed by atoms with Gasteiger partial charge in [-0.3, -0.25) is 9.59 Å². The molecule has 0 aliphatic heterocycles. The molecule has 7 nitrogen and oxygen atoms in total. The number of methoxy groups -OCH3 is 1. The van der Waals surface area contributed by atoms with Crippen molar-refractivity contribution >= 4 is 34.1 Å². The molecule has 0 saturated heterocycles. The lowest BCUT2D eigenvalue weighted by atomic mass is 10.1. The van der Waals surface area contributed by atoms with Gasteiger partial charge < -0.3 is 19.2 Å². The minimum Gasteiger partial charge on any atom is -0.491 e. The van der Waals surface area contributed by atoms with Crippen LogP contribution in [0.5, 0.6) is 5.75 Å². The van der Waals surface area contributed by atoms with Crippen molar-refractivity contribution in [2.75, 3.05) is 12.4 Å².